The van der Waals surface area contributed by atoms with Crippen LogP contribution in [0.4, 0.5) is 0 Å². The lowest BCUT2D eigenvalue weighted by Crippen LogP contribution is -2.52. The summed E-state index contributed by atoms with van der Waals surface area (Å²) >= 11 is 0. The molecule has 1 aliphatic heterocycles. The van der Waals surface area contributed by atoms with E-state index >= 15 is 0 Å². The van der Waals surface area contributed by atoms with Gasteiger partial charge in [0.1, 0.15) is 0 Å². The fraction of sp³-hybridized carbons (Fsp3) is 0.929. The monoisotopic (exact) mass is 255 g/mol. The first-order chi connectivity index (χ1) is 8.18. The molecule has 0 saturated carbocycles. The topological polar surface area (TPSA) is 35.6 Å². The molecule has 0 aromatic heterocycles. The molecule has 1 fully saturated rings. The van der Waals surface area contributed by atoms with Crippen molar-refractivity contribution in [2.45, 2.75) is 64.7 Å². The molecule has 2 atom stereocenters. The van der Waals surface area contributed by atoms with Crippen LogP contribution < -0.4 is 5.32 Å². The van der Waals surface area contributed by atoms with E-state index in [4.69, 9.17) is 0 Å². The zero-order chi connectivity index (χ0) is 14.1. The quantitative estimate of drug-likeness (QED) is 0.811. The first-order valence-electron chi connectivity index (χ1n) is 6.94. The van der Waals surface area contributed by atoms with E-state index in [2.05, 4.69) is 52.0 Å². The molecular formula is C14H29N3O. The third-order valence-corrected chi connectivity index (χ3v) is 4.46. The SMILES string of the molecule is CCC1NC(C)(CC)C(=O)N1CC(C)(C)N(C)C. The van der Waals surface area contributed by atoms with E-state index in [-0.39, 0.29) is 23.2 Å². The number of hydrogen-bond donors (Lipinski definition) is 1. The third-order valence-electron chi connectivity index (χ3n) is 4.46. The molecule has 0 aromatic carbocycles. The van der Waals surface area contributed by atoms with Crippen molar-refractivity contribution in [3.8, 4) is 0 Å². The van der Waals surface area contributed by atoms with Gasteiger partial charge in [0.05, 0.1) is 11.7 Å². The number of carbonyl (C=O) groups excluding carboxylic acids is 1. The zero-order valence-corrected chi connectivity index (χ0v) is 13.0. The Morgan fingerprint density at radius 2 is 1.94 bits per heavy atom. The predicted octanol–water partition coefficient (Wildman–Crippen LogP) is 1.66. The molecule has 0 radical (unpaired) electrons. The third kappa shape index (κ3) is 2.69. The van der Waals surface area contributed by atoms with Crippen molar-refractivity contribution >= 4 is 5.91 Å². The minimum atomic E-state index is -0.386. The van der Waals surface area contributed by atoms with Crippen molar-refractivity contribution in [1.29, 1.82) is 0 Å². The number of amides is 1. The highest BCUT2D eigenvalue weighted by Gasteiger charge is 2.47. The average Bonchev–Trinajstić information content (AvgIpc) is 2.54. The summed E-state index contributed by atoms with van der Waals surface area (Å²) in [5.41, 5.74) is -0.396. The summed E-state index contributed by atoms with van der Waals surface area (Å²) in [6, 6.07) is 0. The van der Waals surface area contributed by atoms with Crippen LogP contribution in [0.1, 0.15) is 47.5 Å². The van der Waals surface area contributed by atoms with Gasteiger partial charge in [0, 0.05) is 12.1 Å². The van der Waals surface area contributed by atoms with E-state index in [1.807, 2.05) is 11.8 Å². The smallest absolute Gasteiger partial charge is 0.243 e. The highest BCUT2D eigenvalue weighted by molar-refractivity contribution is 5.88. The van der Waals surface area contributed by atoms with E-state index < -0.39 is 0 Å². The minimum Gasteiger partial charge on any atom is -0.324 e. The first kappa shape index (κ1) is 15.4. The lowest BCUT2D eigenvalue weighted by Gasteiger charge is -2.38. The highest BCUT2D eigenvalue weighted by Crippen LogP contribution is 2.27. The number of rotatable bonds is 5. The summed E-state index contributed by atoms with van der Waals surface area (Å²) in [5, 5.41) is 3.49. The fourth-order valence-corrected chi connectivity index (χ4v) is 2.28. The van der Waals surface area contributed by atoms with Gasteiger partial charge in [-0.3, -0.25) is 10.1 Å². The summed E-state index contributed by atoms with van der Waals surface area (Å²) in [5.74, 6) is 0.242. The summed E-state index contributed by atoms with van der Waals surface area (Å²) in [7, 11) is 4.13. The largest absolute Gasteiger partial charge is 0.324 e. The number of likely N-dealkylation sites (N-methyl/N-ethyl adjacent to an activating group) is 1. The molecule has 4 heteroatoms. The van der Waals surface area contributed by atoms with Crippen molar-refractivity contribution in [3.05, 3.63) is 0 Å². The predicted molar refractivity (Wildman–Crippen MR) is 75.4 cm³/mol. The van der Waals surface area contributed by atoms with Gasteiger partial charge in [-0.15, -0.1) is 0 Å². The van der Waals surface area contributed by atoms with Gasteiger partial charge in [-0.1, -0.05) is 13.8 Å². The lowest BCUT2D eigenvalue weighted by molar-refractivity contribution is -0.134. The van der Waals surface area contributed by atoms with Gasteiger partial charge in [0.2, 0.25) is 5.91 Å². The van der Waals surface area contributed by atoms with Crippen LogP contribution in [0.15, 0.2) is 0 Å². The lowest BCUT2D eigenvalue weighted by atomic mass is 9.98. The molecule has 2 unspecified atom stereocenters. The van der Waals surface area contributed by atoms with Crippen molar-refractivity contribution in [2.24, 2.45) is 0 Å². The normalized spacial score (nSPS) is 29.4. The summed E-state index contributed by atoms with van der Waals surface area (Å²) < 4.78 is 0. The number of nitrogens with zero attached hydrogens (tertiary/aromatic N) is 2. The van der Waals surface area contributed by atoms with Gasteiger partial charge in [-0.2, -0.15) is 0 Å². The molecule has 1 N–H and O–H groups in total. The van der Waals surface area contributed by atoms with Crippen LogP contribution in [-0.2, 0) is 4.79 Å². The van der Waals surface area contributed by atoms with Gasteiger partial charge >= 0.3 is 0 Å². The number of carbonyl (C=O) groups is 1. The first-order valence-corrected chi connectivity index (χ1v) is 6.94. The van der Waals surface area contributed by atoms with E-state index in [1.165, 1.54) is 0 Å². The van der Waals surface area contributed by atoms with Gasteiger partial charge in [-0.05, 0) is 47.7 Å². The van der Waals surface area contributed by atoms with E-state index in [1.54, 1.807) is 0 Å². The van der Waals surface area contributed by atoms with Crippen LogP contribution in [0, 0.1) is 0 Å². The zero-order valence-electron chi connectivity index (χ0n) is 13.0. The molecule has 106 valence electrons. The van der Waals surface area contributed by atoms with E-state index in [0.717, 1.165) is 19.4 Å². The van der Waals surface area contributed by atoms with E-state index in [9.17, 15) is 4.79 Å². The van der Waals surface area contributed by atoms with Gasteiger partial charge in [0.15, 0.2) is 0 Å². The maximum Gasteiger partial charge on any atom is 0.243 e. The van der Waals surface area contributed by atoms with Crippen LogP contribution in [0.2, 0.25) is 0 Å². The summed E-state index contributed by atoms with van der Waals surface area (Å²) in [6.45, 7) is 11.3. The Kier molecular flexibility index (Phi) is 4.44. The van der Waals surface area contributed by atoms with Crippen LogP contribution in [-0.4, -0.2) is 53.6 Å². The molecule has 0 spiro atoms. The van der Waals surface area contributed by atoms with Crippen molar-refractivity contribution in [3.63, 3.8) is 0 Å². The molecule has 1 aliphatic rings. The second-order valence-corrected chi connectivity index (χ2v) is 6.39. The van der Waals surface area contributed by atoms with Crippen LogP contribution in [0.5, 0.6) is 0 Å². The summed E-state index contributed by atoms with van der Waals surface area (Å²) in [4.78, 5) is 16.8. The Morgan fingerprint density at radius 3 is 2.33 bits per heavy atom. The standard InChI is InChI=1S/C14H29N3O/c1-8-11-15-14(5,9-2)12(18)17(11)10-13(3,4)16(6)7/h11,15H,8-10H2,1-7H3. The Balaban J connectivity index is 2.90. The van der Waals surface area contributed by atoms with Crippen LogP contribution >= 0.6 is 0 Å². The van der Waals surface area contributed by atoms with Crippen LogP contribution in [0.25, 0.3) is 0 Å². The Labute approximate surface area is 112 Å². The molecule has 4 nitrogen and oxygen atoms in total. The highest BCUT2D eigenvalue weighted by atomic mass is 16.2. The van der Waals surface area contributed by atoms with Crippen molar-refractivity contribution in [1.82, 2.24) is 15.1 Å². The maximum absolute atomic E-state index is 12.6. The molecule has 18 heavy (non-hydrogen) atoms. The molecule has 1 heterocycles. The van der Waals surface area contributed by atoms with Crippen molar-refractivity contribution < 1.29 is 4.79 Å². The molecule has 0 aromatic rings. The molecule has 1 amide bonds. The Bertz CT molecular complexity index is 314. The van der Waals surface area contributed by atoms with Gasteiger partial charge in [0.25, 0.3) is 0 Å². The molecule has 1 saturated heterocycles. The Morgan fingerprint density at radius 1 is 1.39 bits per heavy atom. The molecular weight excluding hydrogens is 226 g/mol. The van der Waals surface area contributed by atoms with Crippen LogP contribution in [0.3, 0.4) is 0 Å². The minimum absolute atomic E-state index is 0.0102. The second-order valence-electron chi connectivity index (χ2n) is 6.39. The number of hydrogen-bond acceptors (Lipinski definition) is 3. The van der Waals surface area contributed by atoms with E-state index in [0.29, 0.717) is 0 Å². The fourth-order valence-electron chi connectivity index (χ4n) is 2.28. The average molecular weight is 255 g/mol. The molecule has 1 rings (SSSR count). The molecule has 0 aliphatic carbocycles. The van der Waals surface area contributed by atoms with Gasteiger partial charge in [-0.25, -0.2) is 0 Å². The van der Waals surface area contributed by atoms with Crippen molar-refractivity contribution in [2.75, 3.05) is 20.6 Å². The number of nitrogens with one attached hydrogen (secondary N) is 1. The van der Waals surface area contributed by atoms with Gasteiger partial charge < -0.3 is 9.80 Å². The second kappa shape index (κ2) is 5.17. The maximum atomic E-state index is 12.6. The summed E-state index contributed by atoms with van der Waals surface area (Å²) in [6.07, 6.45) is 1.95. The Hall–Kier alpha value is -0.610. The molecule has 0 bridgehead atoms.